The van der Waals surface area contributed by atoms with E-state index in [9.17, 15) is 4.79 Å². The molecule has 2 fully saturated rings. The Morgan fingerprint density at radius 2 is 1.85 bits per heavy atom. The van der Waals surface area contributed by atoms with Crippen LogP contribution in [0.15, 0.2) is 41.2 Å². The molecule has 4 aromatic rings. The first-order chi connectivity index (χ1) is 20.0. The summed E-state index contributed by atoms with van der Waals surface area (Å²) in [5, 5.41) is 14.0. The van der Waals surface area contributed by atoms with Crippen molar-refractivity contribution in [3.05, 3.63) is 74.8 Å². The normalized spacial score (nSPS) is 20.2. The van der Waals surface area contributed by atoms with Crippen LogP contribution in [0.5, 0.6) is 11.5 Å². The van der Waals surface area contributed by atoms with Crippen LogP contribution in [0.4, 0.5) is 0 Å². The first-order valence-corrected chi connectivity index (χ1v) is 14.4. The van der Waals surface area contributed by atoms with Gasteiger partial charge in [0.2, 0.25) is 6.79 Å². The fourth-order valence-electron chi connectivity index (χ4n) is 6.29. The number of nitrogens with zero attached hydrogens (tertiary/aromatic N) is 6. The Kier molecular flexibility index (Phi) is 6.93. The maximum Gasteiger partial charge on any atom is 0.253 e. The van der Waals surface area contributed by atoms with Gasteiger partial charge in [0, 0.05) is 50.3 Å². The first kappa shape index (κ1) is 26.1. The maximum atomic E-state index is 13.7. The van der Waals surface area contributed by atoms with E-state index in [0.29, 0.717) is 17.9 Å². The zero-order chi connectivity index (χ0) is 27.9. The van der Waals surface area contributed by atoms with Crippen LogP contribution >= 0.6 is 0 Å². The van der Waals surface area contributed by atoms with E-state index < -0.39 is 0 Å². The number of aryl methyl sites for hydroxylation is 2. The molecule has 11 nitrogen and oxygen atoms in total. The van der Waals surface area contributed by atoms with E-state index in [0.717, 1.165) is 85.7 Å². The van der Waals surface area contributed by atoms with E-state index in [-0.39, 0.29) is 24.5 Å². The maximum absolute atomic E-state index is 13.7. The molecule has 1 N–H and O–H groups in total. The molecule has 2 atom stereocenters. The molecular weight excluding hydrogens is 522 g/mol. The van der Waals surface area contributed by atoms with Gasteiger partial charge in [0.15, 0.2) is 17.3 Å². The van der Waals surface area contributed by atoms with Crippen LogP contribution in [0, 0.1) is 13.8 Å². The Morgan fingerprint density at radius 1 is 1.02 bits per heavy atom. The van der Waals surface area contributed by atoms with Crippen molar-refractivity contribution >= 4 is 10.9 Å². The first-order valence-electron chi connectivity index (χ1n) is 14.4. The Balaban J connectivity index is 1.19. The molecule has 3 aliphatic heterocycles. The van der Waals surface area contributed by atoms with Gasteiger partial charge in [-0.1, -0.05) is 18.2 Å². The third-order valence-corrected chi connectivity index (χ3v) is 8.59. The van der Waals surface area contributed by atoms with E-state index in [4.69, 9.17) is 14.2 Å². The number of fused-ring (bicyclic) bond motifs is 2. The summed E-state index contributed by atoms with van der Waals surface area (Å²) in [5.74, 6) is 2.29. The summed E-state index contributed by atoms with van der Waals surface area (Å²) in [4.78, 5) is 21.7. The Hall–Kier alpha value is -3.80. The van der Waals surface area contributed by atoms with E-state index >= 15 is 0 Å². The number of benzene rings is 2. The van der Waals surface area contributed by atoms with Gasteiger partial charge in [-0.2, -0.15) is 0 Å². The van der Waals surface area contributed by atoms with Gasteiger partial charge in [-0.3, -0.25) is 14.6 Å². The van der Waals surface area contributed by atoms with Crippen molar-refractivity contribution in [2.75, 3.05) is 39.6 Å². The molecule has 0 amide bonds. The van der Waals surface area contributed by atoms with Gasteiger partial charge in [-0.05, 0) is 72.0 Å². The van der Waals surface area contributed by atoms with Crippen LogP contribution in [-0.2, 0) is 17.8 Å². The predicted octanol–water partition coefficient (Wildman–Crippen LogP) is 2.95. The molecule has 7 rings (SSSR count). The molecule has 2 aromatic heterocycles. The fraction of sp³-hybridized carbons (Fsp3) is 0.467. The Morgan fingerprint density at radius 3 is 2.68 bits per heavy atom. The lowest BCUT2D eigenvalue weighted by Gasteiger charge is -2.38. The van der Waals surface area contributed by atoms with E-state index in [2.05, 4.69) is 55.4 Å². The molecule has 214 valence electrons. The number of aromatic amines is 1. The minimum absolute atomic E-state index is 0.0798. The van der Waals surface area contributed by atoms with Crippen molar-refractivity contribution in [2.24, 2.45) is 0 Å². The lowest BCUT2D eigenvalue weighted by Crippen LogP contribution is -2.48. The SMILES string of the molecule is Cc1ccc(C)c2[nH]c(=O)c([C@H](c3nnnn3C[C@H]3CCCO3)N3CCN(Cc4ccc5c(c4)OCO5)CC3)cc12. The quantitative estimate of drug-likeness (QED) is 0.367. The number of aromatic nitrogens is 5. The highest BCUT2D eigenvalue weighted by Gasteiger charge is 2.34. The summed E-state index contributed by atoms with van der Waals surface area (Å²) in [5.41, 5.74) is 4.80. The molecule has 0 radical (unpaired) electrons. The molecule has 5 heterocycles. The summed E-state index contributed by atoms with van der Waals surface area (Å²) in [6, 6.07) is 12.0. The van der Waals surface area contributed by atoms with Crippen molar-refractivity contribution in [3.63, 3.8) is 0 Å². The van der Waals surface area contributed by atoms with Crippen molar-refractivity contribution in [1.82, 2.24) is 35.0 Å². The van der Waals surface area contributed by atoms with Gasteiger partial charge >= 0.3 is 0 Å². The van der Waals surface area contributed by atoms with Gasteiger partial charge in [0.1, 0.15) is 6.04 Å². The lowest BCUT2D eigenvalue weighted by molar-refractivity contribution is 0.0840. The number of H-pyrrole nitrogens is 1. The summed E-state index contributed by atoms with van der Waals surface area (Å²) >= 11 is 0. The second-order valence-electron chi connectivity index (χ2n) is 11.3. The molecule has 2 saturated heterocycles. The van der Waals surface area contributed by atoms with Crippen molar-refractivity contribution < 1.29 is 14.2 Å². The number of piperazine rings is 1. The molecule has 0 unspecified atom stereocenters. The van der Waals surface area contributed by atoms with Gasteiger partial charge in [-0.25, -0.2) is 4.68 Å². The number of tetrazole rings is 1. The average molecular weight is 558 g/mol. The highest BCUT2D eigenvalue weighted by Crippen LogP contribution is 2.34. The standard InChI is InChI=1S/C30H35N7O4/c1-19-5-6-20(2)27-23(19)15-24(30(38)31-27)28(29-32-33-34-37(29)17-22-4-3-13-39-22)36-11-9-35(10-12-36)16-21-7-8-25-26(14-21)41-18-40-25/h5-8,14-15,22,28H,3-4,9-13,16-18H2,1-2H3,(H,31,38)/t22-,28-/m1/s1. The Bertz CT molecular complexity index is 1620. The summed E-state index contributed by atoms with van der Waals surface area (Å²) in [6.07, 6.45) is 2.11. The molecule has 2 aromatic carbocycles. The summed E-state index contributed by atoms with van der Waals surface area (Å²) in [6.45, 7) is 9.78. The molecular formula is C30H35N7O4. The number of rotatable bonds is 7. The molecule has 0 spiro atoms. The third kappa shape index (κ3) is 5.09. The largest absolute Gasteiger partial charge is 0.454 e. The van der Waals surface area contributed by atoms with Gasteiger partial charge in [-0.15, -0.1) is 5.10 Å². The number of ether oxygens (including phenoxy) is 3. The third-order valence-electron chi connectivity index (χ3n) is 8.59. The zero-order valence-corrected chi connectivity index (χ0v) is 23.5. The average Bonchev–Trinajstić information content (AvgIpc) is 3.76. The highest BCUT2D eigenvalue weighted by atomic mass is 16.7. The molecule has 0 bridgehead atoms. The second-order valence-corrected chi connectivity index (χ2v) is 11.3. The number of nitrogens with one attached hydrogen (secondary N) is 1. The van der Waals surface area contributed by atoms with E-state index in [1.54, 1.807) is 0 Å². The van der Waals surface area contributed by atoms with Crippen LogP contribution in [0.25, 0.3) is 10.9 Å². The summed E-state index contributed by atoms with van der Waals surface area (Å²) < 4.78 is 18.8. The number of pyridine rings is 1. The molecule has 11 heteroatoms. The minimum atomic E-state index is -0.382. The minimum Gasteiger partial charge on any atom is -0.454 e. The molecule has 41 heavy (non-hydrogen) atoms. The van der Waals surface area contributed by atoms with Gasteiger partial charge in [0.25, 0.3) is 5.56 Å². The molecule has 0 aliphatic carbocycles. The number of hydrogen-bond acceptors (Lipinski definition) is 9. The smallest absolute Gasteiger partial charge is 0.253 e. The van der Waals surface area contributed by atoms with Crippen LogP contribution in [0.1, 0.15) is 47.0 Å². The van der Waals surface area contributed by atoms with E-state index in [1.165, 1.54) is 5.56 Å². The van der Waals surface area contributed by atoms with E-state index in [1.807, 2.05) is 29.8 Å². The van der Waals surface area contributed by atoms with Crippen molar-refractivity contribution in [2.45, 2.75) is 51.9 Å². The lowest BCUT2D eigenvalue weighted by atomic mass is 9.99. The predicted molar refractivity (Wildman–Crippen MR) is 152 cm³/mol. The zero-order valence-electron chi connectivity index (χ0n) is 23.5. The monoisotopic (exact) mass is 557 g/mol. The molecule has 0 saturated carbocycles. The van der Waals surface area contributed by atoms with Gasteiger partial charge < -0.3 is 19.2 Å². The van der Waals surface area contributed by atoms with Crippen LogP contribution in [0.2, 0.25) is 0 Å². The summed E-state index contributed by atoms with van der Waals surface area (Å²) in [7, 11) is 0. The molecule has 3 aliphatic rings. The topological polar surface area (TPSA) is 111 Å². The van der Waals surface area contributed by atoms with Gasteiger partial charge in [0.05, 0.1) is 18.2 Å². The highest BCUT2D eigenvalue weighted by molar-refractivity contribution is 5.85. The van der Waals surface area contributed by atoms with Crippen LogP contribution in [-0.4, -0.2) is 80.7 Å². The fourth-order valence-corrected chi connectivity index (χ4v) is 6.29. The Labute approximate surface area is 238 Å². The van der Waals surface area contributed by atoms with Crippen LogP contribution in [0.3, 0.4) is 0 Å². The van der Waals surface area contributed by atoms with Crippen molar-refractivity contribution in [1.29, 1.82) is 0 Å². The van der Waals surface area contributed by atoms with Crippen LogP contribution < -0.4 is 15.0 Å². The second kappa shape index (κ2) is 10.9. The number of hydrogen-bond donors (Lipinski definition) is 1. The van der Waals surface area contributed by atoms with Crippen molar-refractivity contribution in [3.8, 4) is 11.5 Å².